The standard InChI is InChI=1S/C14H20ClNO3/c1-3-12(14(17)16-9-6-10-18-2)19-13-8-5-4-7-11(13)15/h4-5,7-8,12H,3,6,9-10H2,1-2H3,(H,16,17). The molecule has 19 heavy (non-hydrogen) atoms. The minimum absolute atomic E-state index is 0.126. The van der Waals surface area contributed by atoms with Crippen LogP contribution in [-0.2, 0) is 9.53 Å². The Balaban J connectivity index is 2.48. The molecule has 106 valence electrons. The van der Waals surface area contributed by atoms with Crippen LogP contribution in [0.5, 0.6) is 5.75 Å². The van der Waals surface area contributed by atoms with Crippen LogP contribution in [-0.4, -0.2) is 32.3 Å². The van der Waals surface area contributed by atoms with E-state index in [0.717, 1.165) is 6.42 Å². The molecular weight excluding hydrogens is 266 g/mol. The number of benzene rings is 1. The van der Waals surface area contributed by atoms with Crippen LogP contribution in [0, 0.1) is 0 Å². The van der Waals surface area contributed by atoms with Gasteiger partial charge in [-0.25, -0.2) is 0 Å². The van der Waals surface area contributed by atoms with Gasteiger partial charge in [0.2, 0.25) is 0 Å². The average molecular weight is 286 g/mol. The van der Waals surface area contributed by atoms with Crippen molar-refractivity contribution in [2.24, 2.45) is 0 Å². The van der Waals surface area contributed by atoms with Crippen molar-refractivity contribution in [1.82, 2.24) is 5.32 Å². The monoisotopic (exact) mass is 285 g/mol. The van der Waals surface area contributed by atoms with Gasteiger partial charge in [0.25, 0.3) is 5.91 Å². The lowest BCUT2D eigenvalue weighted by Gasteiger charge is -2.17. The van der Waals surface area contributed by atoms with E-state index >= 15 is 0 Å². The molecule has 1 aromatic rings. The Morgan fingerprint density at radius 1 is 1.42 bits per heavy atom. The molecule has 1 aromatic carbocycles. The van der Waals surface area contributed by atoms with E-state index in [4.69, 9.17) is 21.1 Å². The largest absolute Gasteiger partial charge is 0.479 e. The molecule has 0 saturated carbocycles. The molecule has 1 atom stereocenters. The second kappa shape index (κ2) is 8.77. The van der Waals surface area contributed by atoms with E-state index in [2.05, 4.69) is 5.32 Å². The van der Waals surface area contributed by atoms with Crippen LogP contribution in [0.2, 0.25) is 5.02 Å². The van der Waals surface area contributed by atoms with Crippen LogP contribution in [0.25, 0.3) is 0 Å². The lowest BCUT2D eigenvalue weighted by molar-refractivity contribution is -0.128. The molecule has 0 radical (unpaired) electrons. The lowest BCUT2D eigenvalue weighted by atomic mass is 10.2. The maximum absolute atomic E-state index is 11.9. The van der Waals surface area contributed by atoms with Crippen LogP contribution in [0.3, 0.4) is 0 Å². The smallest absolute Gasteiger partial charge is 0.261 e. The van der Waals surface area contributed by atoms with E-state index in [9.17, 15) is 4.79 Å². The third kappa shape index (κ3) is 5.49. The van der Waals surface area contributed by atoms with Crippen molar-refractivity contribution in [1.29, 1.82) is 0 Å². The molecule has 0 aromatic heterocycles. The van der Waals surface area contributed by atoms with Gasteiger partial charge in [-0.05, 0) is 25.0 Å². The lowest BCUT2D eigenvalue weighted by Crippen LogP contribution is -2.38. The van der Waals surface area contributed by atoms with Crippen LogP contribution in [0.1, 0.15) is 19.8 Å². The van der Waals surface area contributed by atoms with E-state index in [-0.39, 0.29) is 5.91 Å². The molecule has 0 aliphatic carbocycles. The van der Waals surface area contributed by atoms with E-state index in [1.54, 1.807) is 19.2 Å². The Hall–Kier alpha value is -1.26. The number of carbonyl (C=O) groups excluding carboxylic acids is 1. The van der Waals surface area contributed by atoms with Gasteiger partial charge < -0.3 is 14.8 Å². The highest BCUT2D eigenvalue weighted by Crippen LogP contribution is 2.24. The van der Waals surface area contributed by atoms with E-state index in [0.29, 0.717) is 30.3 Å². The van der Waals surface area contributed by atoms with Gasteiger partial charge in [-0.3, -0.25) is 4.79 Å². The molecule has 0 spiro atoms. The number of ether oxygens (including phenoxy) is 2. The summed E-state index contributed by atoms with van der Waals surface area (Å²) < 4.78 is 10.6. The van der Waals surface area contributed by atoms with E-state index < -0.39 is 6.10 Å². The van der Waals surface area contributed by atoms with Crippen molar-refractivity contribution in [3.63, 3.8) is 0 Å². The first kappa shape index (κ1) is 15.8. The summed E-state index contributed by atoms with van der Waals surface area (Å²) in [5, 5.41) is 3.33. The normalized spacial score (nSPS) is 11.9. The first-order valence-electron chi connectivity index (χ1n) is 6.36. The molecule has 1 amide bonds. The topological polar surface area (TPSA) is 47.6 Å². The number of hydrogen-bond acceptors (Lipinski definition) is 3. The zero-order chi connectivity index (χ0) is 14.1. The molecule has 0 aliphatic heterocycles. The molecular formula is C14H20ClNO3. The fourth-order valence-corrected chi connectivity index (χ4v) is 1.74. The summed E-state index contributed by atoms with van der Waals surface area (Å²) in [5.74, 6) is 0.404. The summed E-state index contributed by atoms with van der Waals surface area (Å²) in [6, 6.07) is 7.13. The summed E-state index contributed by atoms with van der Waals surface area (Å²) in [6.45, 7) is 3.10. The van der Waals surface area contributed by atoms with Gasteiger partial charge in [0, 0.05) is 20.3 Å². The quantitative estimate of drug-likeness (QED) is 0.747. The highest BCUT2D eigenvalue weighted by molar-refractivity contribution is 6.32. The first-order valence-corrected chi connectivity index (χ1v) is 6.74. The molecule has 0 fully saturated rings. The van der Waals surface area contributed by atoms with Gasteiger partial charge in [0.05, 0.1) is 5.02 Å². The molecule has 0 saturated heterocycles. The molecule has 0 bridgehead atoms. The maximum Gasteiger partial charge on any atom is 0.261 e. The number of rotatable bonds is 8. The second-order valence-electron chi connectivity index (χ2n) is 4.08. The van der Waals surface area contributed by atoms with Crippen LogP contribution >= 0.6 is 11.6 Å². The molecule has 0 aliphatic rings. The fraction of sp³-hybridized carbons (Fsp3) is 0.500. The zero-order valence-corrected chi connectivity index (χ0v) is 12.1. The molecule has 1 rings (SSSR count). The number of amides is 1. The van der Waals surface area contributed by atoms with Gasteiger partial charge in [0.15, 0.2) is 6.10 Å². The van der Waals surface area contributed by atoms with Crippen molar-refractivity contribution < 1.29 is 14.3 Å². The highest BCUT2D eigenvalue weighted by atomic mass is 35.5. The molecule has 0 heterocycles. The van der Waals surface area contributed by atoms with Crippen molar-refractivity contribution >= 4 is 17.5 Å². The predicted molar refractivity (Wildman–Crippen MR) is 75.7 cm³/mol. The predicted octanol–water partition coefficient (Wildman–Crippen LogP) is 2.65. The maximum atomic E-state index is 11.9. The SMILES string of the molecule is CCC(Oc1ccccc1Cl)C(=O)NCCCOC. The third-order valence-electron chi connectivity index (χ3n) is 2.59. The third-order valence-corrected chi connectivity index (χ3v) is 2.91. The first-order chi connectivity index (χ1) is 9.19. The van der Waals surface area contributed by atoms with Gasteiger partial charge >= 0.3 is 0 Å². The second-order valence-corrected chi connectivity index (χ2v) is 4.49. The fourth-order valence-electron chi connectivity index (χ4n) is 1.56. The number of carbonyl (C=O) groups is 1. The summed E-state index contributed by atoms with van der Waals surface area (Å²) in [4.78, 5) is 11.9. The van der Waals surface area contributed by atoms with Crippen molar-refractivity contribution in [2.75, 3.05) is 20.3 Å². The number of nitrogens with one attached hydrogen (secondary N) is 1. The average Bonchev–Trinajstić information content (AvgIpc) is 2.42. The van der Waals surface area contributed by atoms with Crippen molar-refractivity contribution in [2.45, 2.75) is 25.9 Å². The number of halogens is 1. The molecule has 5 heteroatoms. The Morgan fingerprint density at radius 2 is 2.16 bits per heavy atom. The number of methoxy groups -OCH3 is 1. The minimum Gasteiger partial charge on any atom is -0.479 e. The molecule has 1 N–H and O–H groups in total. The van der Waals surface area contributed by atoms with Crippen molar-refractivity contribution in [3.8, 4) is 5.75 Å². The van der Waals surface area contributed by atoms with E-state index in [1.807, 2.05) is 19.1 Å². The highest BCUT2D eigenvalue weighted by Gasteiger charge is 2.18. The zero-order valence-electron chi connectivity index (χ0n) is 11.3. The van der Waals surface area contributed by atoms with Crippen LogP contribution < -0.4 is 10.1 Å². The molecule has 1 unspecified atom stereocenters. The summed E-state index contributed by atoms with van der Waals surface area (Å²) in [5.41, 5.74) is 0. The Kier molecular flexibility index (Phi) is 7.30. The summed E-state index contributed by atoms with van der Waals surface area (Å²) in [7, 11) is 1.64. The minimum atomic E-state index is -0.526. The summed E-state index contributed by atoms with van der Waals surface area (Å²) >= 11 is 6.00. The van der Waals surface area contributed by atoms with Crippen LogP contribution in [0.4, 0.5) is 0 Å². The Labute approximate surface area is 119 Å². The number of hydrogen-bond donors (Lipinski definition) is 1. The number of para-hydroxylation sites is 1. The van der Waals surface area contributed by atoms with Crippen LogP contribution in [0.15, 0.2) is 24.3 Å². The Morgan fingerprint density at radius 3 is 2.79 bits per heavy atom. The van der Waals surface area contributed by atoms with E-state index in [1.165, 1.54) is 0 Å². The van der Waals surface area contributed by atoms with Gasteiger partial charge in [-0.15, -0.1) is 0 Å². The van der Waals surface area contributed by atoms with Gasteiger partial charge in [-0.1, -0.05) is 30.7 Å². The molecule has 4 nitrogen and oxygen atoms in total. The van der Waals surface area contributed by atoms with Gasteiger partial charge in [0.1, 0.15) is 5.75 Å². The Bertz CT molecular complexity index is 398. The van der Waals surface area contributed by atoms with Gasteiger partial charge in [-0.2, -0.15) is 0 Å². The van der Waals surface area contributed by atoms with Crippen molar-refractivity contribution in [3.05, 3.63) is 29.3 Å². The summed E-state index contributed by atoms with van der Waals surface area (Å²) in [6.07, 6.45) is 0.842.